The summed E-state index contributed by atoms with van der Waals surface area (Å²) in [6.45, 7) is 7.03. The average molecular weight is 461 g/mol. The van der Waals surface area contributed by atoms with Crippen molar-refractivity contribution in [3.8, 4) is 34.5 Å². The first-order valence-electron chi connectivity index (χ1n) is 12.0. The Labute approximate surface area is 206 Å². The highest BCUT2D eigenvalue weighted by Gasteiger charge is 2.20. The van der Waals surface area contributed by atoms with Gasteiger partial charge in [-0.1, -0.05) is 24.3 Å². The quantitative estimate of drug-likeness (QED) is 0.435. The van der Waals surface area contributed by atoms with Crippen molar-refractivity contribution in [1.82, 2.24) is 19.2 Å². The number of imidazole rings is 1. The topological polar surface area (TPSA) is 71.4 Å². The molecule has 0 bridgehead atoms. The van der Waals surface area contributed by atoms with E-state index in [1.807, 2.05) is 43.3 Å². The molecule has 0 atom stereocenters. The van der Waals surface area contributed by atoms with Crippen molar-refractivity contribution in [2.75, 3.05) is 33.2 Å². The van der Waals surface area contributed by atoms with Crippen LogP contribution >= 0.6 is 0 Å². The van der Waals surface area contributed by atoms with Crippen LogP contribution < -0.4 is 0 Å². The Morgan fingerprint density at radius 3 is 2.37 bits per heavy atom. The minimum Gasteiger partial charge on any atom is -0.305 e. The summed E-state index contributed by atoms with van der Waals surface area (Å²) < 4.78 is 2.21. The fraction of sp³-hybridized carbons (Fsp3) is 0.276. The van der Waals surface area contributed by atoms with Gasteiger partial charge < -0.3 is 9.30 Å². The molecule has 1 aliphatic rings. The summed E-state index contributed by atoms with van der Waals surface area (Å²) in [5, 5.41) is 18.5. The van der Waals surface area contributed by atoms with Crippen LogP contribution in [-0.4, -0.2) is 52.4 Å². The summed E-state index contributed by atoms with van der Waals surface area (Å²) in [5.41, 5.74) is 8.53. The van der Waals surface area contributed by atoms with Crippen LogP contribution in [0.2, 0.25) is 0 Å². The van der Waals surface area contributed by atoms with Gasteiger partial charge in [0, 0.05) is 31.4 Å². The largest absolute Gasteiger partial charge is 0.305 e. The second kappa shape index (κ2) is 9.72. The summed E-state index contributed by atoms with van der Waals surface area (Å²) in [6.07, 6.45) is 3.31. The molecule has 174 valence electrons. The lowest BCUT2D eigenvalue weighted by molar-refractivity contribution is 0.266. The van der Waals surface area contributed by atoms with Crippen molar-refractivity contribution in [2.24, 2.45) is 0 Å². The predicted octanol–water partition coefficient (Wildman–Crippen LogP) is 4.86. The number of aryl methyl sites for hydroxylation is 1. The number of benzene rings is 2. The fourth-order valence-electron chi connectivity index (χ4n) is 4.79. The van der Waals surface area contributed by atoms with E-state index in [9.17, 15) is 10.5 Å². The second-order valence-electron chi connectivity index (χ2n) is 9.32. The number of pyridine rings is 1. The molecule has 1 aliphatic heterocycles. The number of nitrogens with zero attached hydrogens (tertiary/aromatic N) is 6. The second-order valence-corrected chi connectivity index (χ2v) is 9.32. The molecule has 1 saturated heterocycles. The Kier molecular flexibility index (Phi) is 6.33. The molecule has 3 heterocycles. The number of likely N-dealkylation sites (N-methyl/N-ethyl adjacent to an activating group) is 1. The summed E-state index contributed by atoms with van der Waals surface area (Å²) in [5.74, 6) is 0. The van der Waals surface area contributed by atoms with E-state index in [-0.39, 0.29) is 0 Å². The third kappa shape index (κ3) is 4.68. The molecule has 0 N–H and O–H groups in total. The normalized spacial score (nSPS) is 15.0. The molecular formula is C29H28N6. The van der Waals surface area contributed by atoms with E-state index in [0.717, 1.165) is 78.4 Å². The molecule has 0 amide bonds. The summed E-state index contributed by atoms with van der Waals surface area (Å²) >= 11 is 0. The van der Waals surface area contributed by atoms with Crippen LogP contribution in [0, 0.1) is 29.6 Å². The molecule has 2 aromatic heterocycles. The number of rotatable bonds is 4. The predicted molar refractivity (Wildman–Crippen MR) is 138 cm³/mol. The van der Waals surface area contributed by atoms with E-state index in [1.165, 1.54) is 0 Å². The number of aromatic nitrogens is 2. The first-order valence-corrected chi connectivity index (χ1v) is 12.0. The molecule has 35 heavy (non-hydrogen) atoms. The lowest BCUT2D eigenvalue weighted by Crippen LogP contribution is -2.29. The van der Waals surface area contributed by atoms with Gasteiger partial charge in [-0.3, -0.25) is 4.90 Å². The van der Waals surface area contributed by atoms with Crippen molar-refractivity contribution >= 4 is 5.65 Å². The van der Waals surface area contributed by atoms with E-state index in [4.69, 9.17) is 4.98 Å². The molecule has 5 rings (SSSR count). The maximum absolute atomic E-state index is 9.31. The molecule has 6 heteroatoms. The minimum atomic E-state index is 0.646. The third-order valence-electron chi connectivity index (χ3n) is 6.87. The van der Waals surface area contributed by atoms with Gasteiger partial charge in [0.15, 0.2) is 0 Å². The van der Waals surface area contributed by atoms with Crippen LogP contribution in [0.3, 0.4) is 0 Å². The standard InChI is InChI=1S/C29H28N6/c1-21-16-24(8-9-25(21)18-31)26-10-11-28-32-29(23-6-4-22(17-30)5-7-23)27(35(28)19-26)20-34-13-3-12-33(2)14-15-34/h4-11,16,19H,3,12-15,20H2,1-2H3. The summed E-state index contributed by atoms with van der Waals surface area (Å²) in [6, 6.07) is 22.3. The number of hydrogen-bond donors (Lipinski definition) is 0. The van der Waals surface area contributed by atoms with Crippen LogP contribution in [0.5, 0.6) is 0 Å². The molecule has 0 spiro atoms. The van der Waals surface area contributed by atoms with E-state index >= 15 is 0 Å². The van der Waals surface area contributed by atoms with Gasteiger partial charge in [-0.25, -0.2) is 4.98 Å². The summed E-state index contributed by atoms with van der Waals surface area (Å²) in [4.78, 5) is 9.92. The Morgan fingerprint density at radius 2 is 1.63 bits per heavy atom. The molecular weight excluding hydrogens is 432 g/mol. The average Bonchev–Trinajstić information content (AvgIpc) is 3.10. The van der Waals surface area contributed by atoms with Crippen molar-refractivity contribution < 1.29 is 0 Å². The van der Waals surface area contributed by atoms with Crippen molar-refractivity contribution in [1.29, 1.82) is 10.5 Å². The SMILES string of the molecule is Cc1cc(-c2ccc3nc(-c4ccc(C#N)cc4)c(CN4CCCN(C)CC4)n3c2)ccc1C#N. The van der Waals surface area contributed by atoms with Crippen LogP contribution in [0.25, 0.3) is 28.0 Å². The van der Waals surface area contributed by atoms with Crippen LogP contribution in [0.4, 0.5) is 0 Å². The van der Waals surface area contributed by atoms with Gasteiger partial charge in [-0.15, -0.1) is 0 Å². The lowest BCUT2D eigenvalue weighted by atomic mass is 10.0. The van der Waals surface area contributed by atoms with E-state index < -0.39 is 0 Å². The molecule has 0 saturated carbocycles. The van der Waals surface area contributed by atoms with Crippen LogP contribution in [-0.2, 0) is 6.54 Å². The monoisotopic (exact) mass is 460 g/mol. The van der Waals surface area contributed by atoms with Gasteiger partial charge in [0.25, 0.3) is 0 Å². The van der Waals surface area contributed by atoms with Crippen molar-refractivity contribution in [3.05, 3.63) is 83.2 Å². The van der Waals surface area contributed by atoms with Gasteiger partial charge in [0.1, 0.15) is 5.65 Å². The zero-order valence-corrected chi connectivity index (χ0v) is 20.2. The zero-order chi connectivity index (χ0) is 24.4. The molecule has 4 aromatic rings. The maximum atomic E-state index is 9.31. The Bertz CT molecular complexity index is 1450. The molecule has 0 radical (unpaired) electrons. The molecule has 2 aromatic carbocycles. The third-order valence-corrected chi connectivity index (χ3v) is 6.87. The summed E-state index contributed by atoms with van der Waals surface area (Å²) in [7, 11) is 2.19. The van der Waals surface area contributed by atoms with E-state index in [1.54, 1.807) is 0 Å². The zero-order valence-electron chi connectivity index (χ0n) is 20.2. The smallest absolute Gasteiger partial charge is 0.137 e. The van der Waals surface area contributed by atoms with Gasteiger partial charge >= 0.3 is 0 Å². The van der Waals surface area contributed by atoms with Gasteiger partial charge in [0.2, 0.25) is 0 Å². The Hall–Kier alpha value is -3.97. The molecule has 0 aliphatic carbocycles. The highest BCUT2D eigenvalue weighted by Crippen LogP contribution is 2.29. The van der Waals surface area contributed by atoms with Gasteiger partial charge in [0.05, 0.1) is 34.7 Å². The Balaban J connectivity index is 1.61. The van der Waals surface area contributed by atoms with E-state index in [2.05, 4.69) is 57.8 Å². The highest BCUT2D eigenvalue weighted by molar-refractivity contribution is 5.71. The highest BCUT2D eigenvalue weighted by atomic mass is 15.2. The minimum absolute atomic E-state index is 0.646. The van der Waals surface area contributed by atoms with Crippen molar-refractivity contribution in [2.45, 2.75) is 19.9 Å². The first-order chi connectivity index (χ1) is 17.1. The fourth-order valence-corrected chi connectivity index (χ4v) is 4.79. The molecule has 6 nitrogen and oxygen atoms in total. The van der Waals surface area contributed by atoms with Crippen molar-refractivity contribution in [3.63, 3.8) is 0 Å². The first kappa shape index (κ1) is 22.8. The van der Waals surface area contributed by atoms with E-state index in [0.29, 0.717) is 11.1 Å². The van der Waals surface area contributed by atoms with Gasteiger partial charge in [-0.2, -0.15) is 10.5 Å². The molecule has 0 unspecified atom stereocenters. The van der Waals surface area contributed by atoms with Crippen LogP contribution in [0.1, 0.15) is 28.8 Å². The maximum Gasteiger partial charge on any atom is 0.137 e. The van der Waals surface area contributed by atoms with Gasteiger partial charge in [-0.05, 0) is 80.5 Å². The molecule has 1 fully saturated rings. The number of fused-ring (bicyclic) bond motifs is 1. The lowest BCUT2D eigenvalue weighted by Gasteiger charge is -2.21. The Morgan fingerprint density at radius 1 is 0.857 bits per heavy atom. The number of hydrogen-bond acceptors (Lipinski definition) is 5. The number of nitriles is 2. The van der Waals surface area contributed by atoms with Crippen LogP contribution in [0.15, 0.2) is 60.8 Å².